The van der Waals surface area contributed by atoms with E-state index in [1.54, 1.807) is 0 Å². The van der Waals surface area contributed by atoms with Crippen molar-refractivity contribution >= 4 is 15.3 Å². The summed E-state index contributed by atoms with van der Waals surface area (Å²) in [5.74, 6) is 0.836. The van der Waals surface area contributed by atoms with Crippen LogP contribution in [0.3, 0.4) is 0 Å². The van der Waals surface area contributed by atoms with E-state index in [0.717, 1.165) is 12.2 Å². The lowest BCUT2D eigenvalue weighted by molar-refractivity contribution is 0.221. The molecule has 1 N–H and O–H groups in total. The SMILES string of the molecule is CCCS(C)(C)C(=O)O. The first-order chi connectivity index (χ1) is 4.00. The molecule has 0 saturated heterocycles. The van der Waals surface area contributed by atoms with E-state index in [4.69, 9.17) is 5.11 Å². The van der Waals surface area contributed by atoms with Gasteiger partial charge < -0.3 is 5.11 Å². The van der Waals surface area contributed by atoms with Gasteiger partial charge in [-0.25, -0.2) is 4.79 Å². The number of hydrogen-bond donors (Lipinski definition) is 1. The lowest BCUT2D eigenvalue weighted by Crippen LogP contribution is -2.09. The Labute approximate surface area is 57.6 Å². The molecule has 0 unspecified atom stereocenters. The molecule has 0 spiro atoms. The van der Waals surface area contributed by atoms with Crippen LogP contribution in [0.1, 0.15) is 13.3 Å². The second kappa shape index (κ2) is 3.11. The Balaban J connectivity index is 3.85. The molecule has 0 fully saturated rings. The largest absolute Gasteiger partial charge is 0.474 e. The minimum absolute atomic E-state index is 0.621. The van der Waals surface area contributed by atoms with Crippen molar-refractivity contribution in [2.45, 2.75) is 13.3 Å². The third kappa shape index (κ3) is 2.75. The van der Waals surface area contributed by atoms with Gasteiger partial charge in [0.05, 0.1) is 0 Å². The van der Waals surface area contributed by atoms with Gasteiger partial charge in [0.15, 0.2) is 0 Å². The molecule has 9 heavy (non-hydrogen) atoms. The van der Waals surface area contributed by atoms with E-state index in [1.165, 1.54) is 0 Å². The third-order valence-corrected chi connectivity index (χ3v) is 3.56. The Morgan fingerprint density at radius 2 is 2.00 bits per heavy atom. The minimum atomic E-state index is -1.33. The van der Waals surface area contributed by atoms with Crippen molar-refractivity contribution < 1.29 is 9.90 Å². The van der Waals surface area contributed by atoms with Gasteiger partial charge in [-0.2, -0.15) is 0 Å². The van der Waals surface area contributed by atoms with Crippen molar-refractivity contribution in [1.82, 2.24) is 0 Å². The van der Waals surface area contributed by atoms with Crippen LogP contribution in [0, 0.1) is 0 Å². The second-order valence-electron chi connectivity index (χ2n) is 2.51. The predicted molar refractivity (Wildman–Crippen MR) is 42.6 cm³/mol. The Morgan fingerprint density at radius 1 is 1.56 bits per heavy atom. The molecule has 0 saturated carbocycles. The molecule has 0 aromatic carbocycles. The van der Waals surface area contributed by atoms with Crippen LogP contribution in [0.25, 0.3) is 0 Å². The Bertz CT molecular complexity index is 110. The highest BCUT2D eigenvalue weighted by Crippen LogP contribution is 2.40. The van der Waals surface area contributed by atoms with E-state index in [0.29, 0.717) is 0 Å². The molecular weight excluding hydrogens is 136 g/mol. The van der Waals surface area contributed by atoms with Crippen LogP contribution in [0.4, 0.5) is 4.79 Å². The molecule has 0 aliphatic heterocycles. The fraction of sp³-hybridized carbons (Fsp3) is 0.833. The molecule has 0 aliphatic rings. The van der Waals surface area contributed by atoms with Gasteiger partial charge in [-0.05, 0) is 24.7 Å². The quantitative estimate of drug-likeness (QED) is 0.654. The number of rotatable bonds is 2. The summed E-state index contributed by atoms with van der Waals surface area (Å²) in [6.07, 6.45) is 4.63. The van der Waals surface area contributed by atoms with E-state index in [1.807, 2.05) is 19.4 Å². The second-order valence-corrected chi connectivity index (χ2v) is 6.34. The molecule has 3 heteroatoms. The summed E-state index contributed by atoms with van der Waals surface area (Å²) >= 11 is 0. The third-order valence-electron chi connectivity index (χ3n) is 1.19. The molecule has 0 aromatic rings. The summed E-state index contributed by atoms with van der Waals surface area (Å²) in [7, 11) is -1.33. The van der Waals surface area contributed by atoms with Crippen molar-refractivity contribution in [3.05, 3.63) is 0 Å². The number of hydrogen-bond acceptors (Lipinski definition) is 1. The zero-order chi connectivity index (χ0) is 7.49. The molecule has 56 valence electrons. The molecular formula is C6H14O2S. The molecule has 0 aromatic heterocycles. The van der Waals surface area contributed by atoms with Crippen molar-refractivity contribution in [2.75, 3.05) is 18.3 Å². The lowest BCUT2D eigenvalue weighted by Gasteiger charge is -2.23. The molecule has 0 rings (SSSR count). The smallest absolute Gasteiger partial charge is 0.346 e. The average Bonchev–Trinajstić information content (AvgIpc) is 1.65. The van der Waals surface area contributed by atoms with Crippen LogP contribution in [-0.4, -0.2) is 28.7 Å². The van der Waals surface area contributed by atoms with Gasteiger partial charge in [-0.3, -0.25) is 0 Å². The fourth-order valence-electron chi connectivity index (χ4n) is 0.598. The van der Waals surface area contributed by atoms with Gasteiger partial charge >= 0.3 is 5.30 Å². The molecule has 0 bridgehead atoms. The topological polar surface area (TPSA) is 37.3 Å². The Morgan fingerprint density at radius 3 is 2.11 bits per heavy atom. The molecule has 0 aliphatic carbocycles. The molecule has 0 atom stereocenters. The first-order valence-electron chi connectivity index (χ1n) is 2.94. The van der Waals surface area contributed by atoms with E-state index in [9.17, 15) is 4.79 Å². The van der Waals surface area contributed by atoms with E-state index in [-0.39, 0.29) is 0 Å². The maximum Gasteiger partial charge on any atom is 0.346 e. The van der Waals surface area contributed by atoms with Crippen molar-refractivity contribution in [3.8, 4) is 0 Å². The highest BCUT2D eigenvalue weighted by atomic mass is 32.3. The van der Waals surface area contributed by atoms with E-state index in [2.05, 4.69) is 0 Å². The number of carboxylic acid groups (broad SMARTS) is 1. The zero-order valence-corrected chi connectivity index (χ0v) is 6.99. The molecule has 0 radical (unpaired) electrons. The van der Waals surface area contributed by atoms with E-state index < -0.39 is 15.3 Å². The van der Waals surface area contributed by atoms with Gasteiger partial charge in [0, 0.05) is 0 Å². The highest BCUT2D eigenvalue weighted by molar-refractivity contribution is 8.43. The van der Waals surface area contributed by atoms with Crippen LogP contribution < -0.4 is 0 Å². The summed E-state index contributed by atoms with van der Waals surface area (Å²) in [5, 5.41) is 7.99. The van der Waals surface area contributed by atoms with Crippen LogP contribution in [0.2, 0.25) is 0 Å². The maximum atomic E-state index is 10.4. The summed E-state index contributed by atoms with van der Waals surface area (Å²) in [5.41, 5.74) is 0. The van der Waals surface area contributed by atoms with Crippen molar-refractivity contribution in [1.29, 1.82) is 0 Å². The first kappa shape index (κ1) is 8.82. The highest BCUT2D eigenvalue weighted by Gasteiger charge is 2.18. The first-order valence-corrected chi connectivity index (χ1v) is 5.56. The maximum absolute atomic E-state index is 10.4. The van der Waals surface area contributed by atoms with Crippen molar-refractivity contribution in [3.63, 3.8) is 0 Å². The van der Waals surface area contributed by atoms with Crippen LogP contribution in [0.5, 0.6) is 0 Å². The minimum Gasteiger partial charge on any atom is -0.474 e. The fourth-order valence-corrected chi connectivity index (χ4v) is 1.79. The van der Waals surface area contributed by atoms with Gasteiger partial charge in [-0.1, -0.05) is 6.92 Å². The van der Waals surface area contributed by atoms with Crippen LogP contribution in [0.15, 0.2) is 0 Å². The lowest BCUT2D eigenvalue weighted by atomic mass is 10.6. The zero-order valence-electron chi connectivity index (χ0n) is 6.18. The monoisotopic (exact) mass is 150 g/mol. The van der Waals surface area contributed by atoms with Gasteiger partial charge in [-0.15, -0.1) is 10.0 Å². The van der Waals surface area contributed by atoms with Crippen LogP contribution in [-0.2, 0) is 0 Å². The molecule has 2 nitrogen and oxygen atoms in total. The Hall–Kier alpha value is -0.180. The summed E-state index contributed by atoms with van der Waals surface area (Å²) < 4.78 is 0. The Kier molecular flexibility index (Phi) is 3.04. The van der Waals surface area contributed by atoms with Crippen LogP contribution >= 0.6 is 10.0 Å². The molecule has 0 amide bonds. The standard InChI is InChI=1S/C6H14O2S/c1-4-5-9(2,3)6(7)8/h4-5H2,1-3H3,(H,7,8). The van der Waals surface area contributed by atoms with Gasteiger partial charge in [0.2, 0.25) is 0 Å². The average molecular weight is 150 g/mol. The number of carbonyl (C=O) groups is 1. The van der Waals surface area contributed by atoms with E-state index >= 15 is 0 Å². The summed E-state index contributed by atoms with van der Waals surface area (Å²) in [6, 6.07) is 0. The van der Waals surface area contributed by atoms with Gasteiger partial charge in [0.1, 0.15) is 0 Å². The molecule has 0 heterocycles. The summed E-state index contributed by atoms with van der Waals surface area (Å²) in [4.78, 5) is 10.4. The normalized spacial score (nSPS) is 13.2. The predicted octanol–water partition coefficient (Wildman–Crippen LogP) is 2.14. The van der Waals surface area contributed by atoms with Crippen molar-refractivity contribution in [2.24, 2.45) is 0 Å². The van der Waals surface area contributed by atoms with Gasteiger partial charge in [0.25, 0.3) is 0 Å². The summed E-state index contributed by atoms with van der Waals surface area (Å²) in [6.45, 7) is 2.01.